The van der Waals surface area contributed by atoms with Gasteiger partial charge in [0.05, 0.1) is 10.6 Å². The largest absolute Gasteiger partial charge is 0.326 e. The van der Waals surface area contributed by atoms with E-state index in [4.69, 9.17) is 0 Å². The van der Waals surface area contributed by atoms with E-state index in [1.54, 1.807) is 54.6 Å². The third kappa shape index (κ3) is 3.62. The van der Waals surface area contributed by atoms with Gasteiger partial charge in [0.2, 0.25) is 5.91 Å². The lowest BCUT2D eigenvalue weighted by Gasteiger charge is -2.11. The van der Waals surface area contributed by atoms with Crippen molar-refractivity contribution in [2.24, 2.45) is 11.8 Å². The van der Waals surface area contributed by atoms with E-state index in [0.29, 0.717) is 17.2 Å². The number of hydrogen-bond donors (Lipinski definition) is 1. The summed E-state index contributed by atoms with van der Waals surface area (Å²) >= 11 is 0. The van der Waals surface area contributed by atoms with Crippen LogP contribution in [0.1, 0.15) is 18.9 Å². The minimum atomic E-state index is -3.44. The fraction of sp³-hybridized carbons (Fsp3) is 0.278. The first-order valence-corrected chi connectivity index (χ1v) is 9.29. The number of nitrogens with one attached hydrogen (secondary N) is 1. The summed E-state index contributed by atoms with van der Waals surface area (Å²) in [6, 6.07) is 15.4. The smallest absolute Gasteiger partial charge is 0.227 e. The molecular weight excluding hydrogens is 310 g/mol. The van der Waals surface area contributed by atoms with Crippen LogP contribution in [0.15, 0.2) is 59.5 Å². The molecule has 1 aliphatic rings. The predicted molar refractivity (Wildman–Crippen MR) is 89.7 cm³/mol. The van der Waals surface area contributed by atoms with Crippen LogP contribution in [-0.4, -0.2) is 14.3 Å². The maximum absolute atomic E-state index is 12.5. The van der Waals surface area contributed by atoms with Crippen molar-refractivity contribution in [1.29, 1.82) is 0 Å². The van der Waals surface area contributed by atoms with E-state index in [2.05, 4.69) is 5.32 Å². The monoisotopic (exact) mass is 329 g/mol. The molecule has 0 radical (unpaired) electrons. The fourth-order valence-electron chi connectivity index (χ4n) is 2.60. The van der Waals surface area contributed by atoms with Gasteiger partial charge in [0, 0.05) is 11.6 Å². The van der Waals surface area contributed by atoms with Crippen LogP contribution in [0.4, 0.5) is 5.69 Å². The zero-order chi connectivity index (χ0) is 16.4. The molecule has 4 nitrogen and oxygen atoms in total. The summed E-state index contributed by atoms with van der Waals surface area (Å²) < 4.78 is 25.1. The Morgan fingerprint density at radius 3 is 2.35 bits per heavy atom. The van der Waals surface area contributed by atoms with Crippen LogP contribution in [0.25, 0.3) is 0 Å². The number of para-hydroxylation sites is 1. The van der Waals surface area contributed by atoms with E-state index in [0.717, 1.165) is 6.42 Å². The first kappa shape index (κ1) is 15.7. The van der Waals surface area contributed by atoms with Gasteiger partial charge in [0.25, 0.3) is 0 Å². The second-order valence-corrected chi connectivity index (χ2v) is 8.03. The molecule has 0 spiro atoms. The topological polar surface area (TPSA) is 63.2 Å². The molecular formula is C18H19NO3S. The standard InChI is InChI=1S/C18H19NO3S/c1-13-11-16(13)18(20)19-17-10-6-5-7-14(17)12-23(21,22)15-8-3-2-4-9-15/h2-10,13,16H,11-12H2,1H3,(H,19,20)/t13-,16-/m0/s1. The Hall–Kier alpha value is -2.14. The van der Waals surface area contributed by atoms with Gasteiger partial charge in [-0.2, -0.15) is 0 Å². The summed E-state index contributed by atoms with van der Waals surface area (Å²) in [6.45, 7) is 2.04. The van der Waals surface area contributed by atoms with E-state index in [1.165, 1.54) is 0 Å². The number of hydrogen-bond acceptors (Lipinski definition) is 3. The fourth-order valence-corrected chi connectivity index (χ4v) is 4.00. The van der Waals surface area contributed by atoms with Crippen molar-refractivity contribution in [3.63, 3.8) is 0 Å². The van der Waals surface area contributed by atoms with Crippen molar-refractivity contribution < 1.29 is 13.2 Å². The quantitative estimate of drug-likeness (QED) is 0.916. The third-order valence-electron chi connectivity index (χ3n) is 4.17. The van der Waals surface area contributed by atoms with Gasteiger partial charge in [-0.1, -0.05) is 43.3 Å². The number of anilines is 1. The average molecular weight is 329 g/mol. The molecule has 0 unspecified atom stereocenters. The molecule has 1 amide bonds. The van der Waals surface area contributed by atoms with Crippen LogP contribution in [0.3, 0.4) is 0 Å². The van der Waals surface area contributed by atoms with Crippen LogP contribution >= 0.6 is 0 Å². The number of carbonyl (C=O) groups is 1. The molecule has 2 atom stereocenters. The molecule has 5 heteroatoms. The number of rotatable bonds is 5. The highest BCUT2D eigenvalue weighted by Gasteiger charge is 2.39. The minimum Gasteiger partial charge on any atom is -0.326 e. The van der Waals surface area contributed by atoms with Gasteiger partial charge < -0.3 is 5.32 Å². The Kier molecular flexibility index (Phi) is 4.22. The van der Waals surface area contributed by atoms with Crippen molar-refractivity contribution in [2.75, 3.05) is 5.32 Å². The van der Waals surface area contributed by atoms with Gasteiger partial charge >= 0.3 is 0 Å². The molecule has 3 rings (SSSR count). The van der Waals surface area contributed by atoms with Gasteiger partial charge in [0.1, 0.15) is 0 Å². The third-order valence-corrected chi connectivity index (χ3v) is 5.85. The van der Waals surface area contributed by atoms with E-state index in [9.17, 15) is 13.2 Å². The van der Waals surface area contributed by atoms with Gasteiger partial charge in [-0.15, -0.1) is 0 Å². The van der Waals surface area contributed by atoms with Gasteiger partial charge in [-0.25, -0.2) is 8.42 Å². The summed E-state index contributed by atoms with van der Waals surface area (Å²) in [4.78, 5) is 12.4. The number of carbonyl (C=O) groups excluding carboxylic acids is 1. The second-order valence-electron chi connectivity index (χ2n) is 6.04. The van der Waals surface area contributed by atoms with E-state index in [1.807, 2.05) is 6.92 Å². The summed E-state index contributed by atoms with van der Waals surface area (Å²) in [7, 11) is -3.44. The molecule has 0 heterocycles. The number of benzene rings is 2. The minimum absolute atomic E-state index is 0.0259. The van der Waals surface area contributed by atoms with Crippen LogP contribution in [-0.2, 0) is 20.4 Å². The summed E-state index contributed by atoms with van der Waals surface area (Å²) in [6.07, 6.45) is 0.899. The Bertz CT molecular complexity index is 815. The lowest BCUT2D eigenvalue weighted by Crippen LogP contribution is -2.16. The summed E-state index contributed by atoms with van der Waals surface area (Å²) in [5.41, 5.74) is 1.19. The van der Waals surface area contributed by atoms with E-state index < -0.39 is 9.84 Å². The van der Waals surface area contributed by atoms with Crippen molar-refractivity contribution in [1.82, 2.24) is 0 Å². The van der Waals surface area contributed by atoms with Crippen molar-refractivity contribution in [2.45, 2.75) is 24.0 Å². The van der Waals surface area contributed by atoms with Gasteiger partial charge in [-0.05, 0) is 36.1 Å². The lowest BCUT2D eigenvalue weighted by molar-refractivity contribution is -0.117. The molecule has 1 N–H and O–H groups in total. The summed E-state index contributed by atoms with van der Waals surface area (Å²) in [5, 5.41) is 2.87. The molecule has 0 aromatic heterocycles. The van der Waals surface area contributed by atoms with Crippen molar-refractivity contribution in [3.8, 4) is 0 Å². The molecule has 2 aromatic carbocycles. The van der Waals surface area contributed by atoms with Crippen LogP contribution in [0.2, 0.25) is 0 Å². The highest BCUT2D eigenvalue weighted by atomic mass is 32.2. The van der Waals surface area contributed by atoms with Gasteiger partial charge in [0.15, 0.2) is 9.84 Å². The van der Waals surface area contributed by atoms with Crippen molar-refractivity contribution in [3.05, 3.63) is 60.2 Å². The molecule has 0 saturated heterocycles. The Morgan fingerprint density at radius 2 is 1.70 bits per heavy atom. The lowest BCUT2D eigenvalue weighted by atomic mass is 10.2. The zero-order valence-electron chi connectivity index (χ0n) is 12.9. The molecule has 1 saturated carbocycles. The molecule has 0 bridgehead atoms. The van der Waals surface area contributed by atoms with Crippen LogP contribution < -0.4 is 5.32 Å². The Morgan fingerprint density at radius 1 is 1.09 bits per heavy atom. The molecule has 120 valence electrons. The maximum Gasteiger partial charge on any atom is 0.227 e. The second kappa shape index (κ2) is 6.16. The maximum atomic E-state index is 12.5. The Labute approximate surface area is 136 Å². The first-order chi connectivity index (χ1) is 11.0. The summed E-state index contributed by atoms with van der Waals surface area (Å²) in [5.74, 6) is 0.305. The molecule has 1 aliphatic carbocycles. The van der Waals surface area contributed by atoms with E-state index in [-0.39, 0.29) is 22.5 Å². The molecule has 1 fully saturated rings. The van der Waals surface area contributed by atoms with Gasteiger partial charge in [-0.3, -0.25) is 4.79 Å². The normalized spacial score (nSPS) is 20.0. The van der Waals surface area contributed by atoms with Crippen LogP contribution in [0.5, 0.6) is 0 Å². The van der Waals surface area contributed by atoms with Crippen molar-refractivity contribution >= 4 is 21.4 Å². The highest BCUT2D eigenvalue weighted by molar-refractivity contribution is 7.90. The van der Waals surface area contributed by atoms with Crippen LogP contribution in [0, 0.1) is 11.8 Å². The molecule has 0 aliphatic heterocycles. The zero-order valence-corrected chi connectivity index (χ0v) is 13.7. The number of amides is 1. The Balaban J connectivity index is 1.82. The van der Waals surface area contributed by atoms with E-state index >= 15 is 0 Å². The molecule has 23 heavy (non-hydrogen) atoms. The first-order valence-electron chi connectivity index (χ1n) is 7.64. The predicted octanol–water partition coefficient (Wildman–Crippen LogP) is 3.26. The molecule has 2 aromatic rings. The highest BCUT2D eigenvalue weighted by Crippen LogP contribution is 2.38. The number of sulfone groups is 1. The average Bonchev–Trinajstić information content (AvgIpc) is 3.27. The SMILES string of the molecule is C[C@H]1C[C@@H]1C(=O)Nc1ccccc1CS(=O)(=O)c1ccccc1.